The number of hydrogen-bond donors (Lipinski definition) is 4. The Morgan fingerprint density at radius 3 is 2.00 bits per heavy atom. The smallest absolute Gasteiger partial charge is 0.253 e. The van der Waals surface area contributed by atoms with Gasteiger partial charge in [-0.15, -0.1) is 0 Å². The van der Waals surface area contributed by atoms with Crippen LogP contribution in [0, 0.1) is 34.6 Å². The molecule has 1 saturated carbocycles. The molecule has 1 fully saturated rings. The van der Waals surface area contributed by atoms with Crippen LogP contribution in [0.25, 0.3) is 0 Å². The van der Waals surface area contributed by atoms with Crippen molar-refractivity contribution in [3.63, 3.8) is 0 Å². The van der Waals surface area contributed by atoms with Crippen LogP contribution in [-0.4, -0.2) is 78.8 Å². The Hall–Kier alpha value is -4.91. The van der Waals surface area contributed by atoms with Crippen LogP contribution in [-0.2, 0) is 24.2 Å². The van der Waals surface area contributed by atoms with E-state index in [2.05, 4.69) is 69.2 Å². The minimum absolute atomic E-state index is 0.0133. The number of H-pyrrole nitrogens is 2. The summed E-state index contributed by atoms with van der Waals surface area (Å²) in [5.41, 5.74) is 8.97. The first-order valence-corrected chi connectivity index (χ1v) is 22.6. The van der Waals surface area contributed by atoms with Crippen LogP contribution in [0.4, 0.5) is 11.4 Å². The minimum atomic E-state index is -0.256. The van der Waals surface area contributed by atoms with Crippen LogP contribution in [0.1, 0.15) is 125 Å². The quantitative estimate of drug-likeness (QED) is 0.0695. The molecule has 2 aromatic carbocycles. The Labute approximate surface area is 372 Å². The number of hydrogen-bond acceptors (Lipinski definition) is 8. The van der Waals surface area contributed by atoms with Crippen molar-refractivity contribution in [2.45, 2.75) is 132 Å². The Morgan fingerprint density at radius 1 is 0.790 bits per heavy atom. The lowest BCUT2D eigenvalue weighted by molar-refractivity contribution is 0.0938. The Kier molecular flexibility index (Phi) is 17.0. The maximum absolute atomic E-state index is 13.8. The van der Waals surface area contributed by atoms with Gasteiger partial charge in [-0.25, -0.2) is 0 Å². The van der Waals surface area contributed by atoms with Crippen molar-refractivity contribution >= 4 is 34.8 Å². The van der Waals surface area contributed by atoms with Gasteiger partial charge in [-0.05, 0) is 146 Å². The molecular weight excluding hydrogens is 802 g/mol. The van der Waals surface area contributed by atoms with E-state index in [1.807, 2.05) is 65.0 Å². The maximum Gasteiger partial charge on any atom is 0.253 e. The van der Waals surface area contributed by atoms with E-state index in [9.17, 15) is 19.2 Å². The van der Waals surface area contributed by atoms with Gasteiger partial charge in [0.05, 0.1) is 6.17 Å². The van der Waals surface area contributed by atoms with E-state index in [1.165, 1.54) is 0 Å². The van der Waals surface area contributed by atoms with E-state index in [1.54, 1.807) is 13.2 Å². The highest BCUT2D eigenvalue weighted by Crippen LogP contribution is 2.36. The van der Waals surface area contributed by atoms with Crippen LogP contribution in [0.3, 0.4) is 0 Å². The topological polar surface area (TPSA) is 143 Å². The monoisotopic (exact) mass is 869 g/mol. The van der Waals surface area contributed by atoms with Gasteiger partial charge < -0.3 is 35.1 Å². The molecule has 12 nitrogen and oxygen atoms in total. The number of amides is 2. The summed E-state index contributed by atoms with van der Waals surface area (Å²) in [5, 5.41) is 6.51. The van der Waals surface area contributed by atoms with Crippen LogP contribution < -0.4 is 31.6 Å². The van der Waals surface area contributed by atoms with E-state index in [0.717, 1.165) is 103 Å². The number of halogens is 1. The summed E-state index contributed by atoms with van der Waals surface area (Å²) in [7, 11) is 3.94. The SMILES string of the molecule is CCCc1cc(C)[nH]c(=O)c1CNC(=O)c1cc(Cl)cc(N(CC)C2CCC(N(C)C(CCOC)N(CC)c3cccc(C(=O)NCc4c(C)cc(C)[nH]c4=O)c3C)CC2)c1C. The van der Waals surface area contributed by atoms with Gasteiger partial charge in [-0.1, -0.05) is 31.0 Å². The number of aryl methyl sites for hydroxylation is 4. The molecule has 1 aliphatic rings. The number of anilines is 2. The van der Waals surface area contributed by atoms with Crippen molar-refractivity contribution in [2.24, 2.45) is 0 Å². The molecular formula is C49H68ClN7O5. The van der Waals surface area contributed by atoms with Crippen molar-refractivity contribution < 1.29 is 14.3 Å². The van der Waals surface area contributed by atoms with Gasteiger partial charge in [0.25, 0.3) is 22.9 Å². The lowest BCUT2D eigenvalue weighted by Crippen LogP contribution is -2.53. The van der Waals surface area contributed by atoms with E-state index < -0.39 is 0 Å². The number of rotatable bonds is 19. The number of methoxy groups -OCH3 is 1. The molecule has 1 unspecified atom stereocenters. The molecule has 0 aliphatic heterocycles. The van der Waals surface area contributed by atoms with Gasteiger partial charge in [-0.3, -0.25) is 24.1 Å². The highest BCUT2D eigenvalue weighted by molar-refractivity contribution is 6.31. The molecule has 336 valence electrons. The molecule has 62 heavy (non-hydrogen) atoms. The number of carbonyl (C=O) groups excluding carboxylic acids is 2. The zero-order valence-corrected chi connectivity index (χ0v) is 39.3. The molecule has 4 aromatic rings. The van der Waals surface area contributed by atoms with Gasteiger partial charge in [-0.2, -0.15) is 0 Å². The molecule has 0 spiro atoms. The van der Waals surface area contributed by atoms with Crippen molar-refractivity contribution in [2.75, 3.05) is 43.7 Å². The van der Waals surface area contributed by atoms with Crippen LogP contribution in [0.5, 0.6) is 0 Å². The van der Waals surface area contributed by atoms with Crippen molar-refractivity contribution in [3.05, 3.63) is 124 Å². The second kappa shape index (κ2) is 21.9. The first-order chi connectivity index (χ1) is 29.6. The summed E-state index contributed by atoms with van der Waals surface area (Å²) in [5.74, 6) is -0.476. The lowest BCUT2D eigenvalue weighted by atomic mass is 9.88. The first-order valence-electron chi connectivity index (χ1n) is 22.2. The molecule has 4 N–H and O–H groups in total. The summed E-state index contributed by atoms with van der Waals surface area (Å²) in [6.45, 7) is 18.3. The highest BCUT2D eigenvalue weighted by atomic mass is 35.5. The number of aromatic nitrogens is 2. The van der Waals surface area contributed by atoms with E-state index in [4.69, 9.17) is 16.3 Å². The Balaban J connectivity index is 1.30. The number of pyridine rings is 2. The summed E-state index contributed by atoms with van der Waals surface area (Å²) in [6.07, 6.45) is 6.35. The highest BCUT2D eigenvalue weighted by Gasteiger charge is 2.34. The van der Waals surface area contributed by atoms with Crippen LogP contribution in [0.2, 0.25) is 5.02 Å². The molecule has 5 rings (SSSR count). The number of nitrogens with one attached hydrogen (secondary N) is 4. The predicted molar refractivity (Wildman–Crippen MR) is 252 cm³/mol. The maximum atomic E-state index is 13.8. The summed E-state index contributed by atoms with van der Waals surface area (Å²) >= 11 is 6.74. The second-order valence-corrected chi connectivity index (χ2v) is 17.3. The first kappa shape index (κ1) is 48.1. The van der Waals surface area contributed by atoms with Crippen molar-refractivity contribution in [1.29, 1.82) is 0 Å². The Morgan fingerprint density at radius 2 is 1.39 bits per heavy atom. The van der Waals surface area contributed by atoms with Gasteiger partial charge in [0.15, 0.2) is 0 Å². The number of nitrogens with zero attached hydrogens (tertiary/aromatic N) is 3. The van der Waals surface area contributed by atoms with Gasteiger partial charge in [0, 0.05) is 108 Å². The fraction of sp³-hybridized carbons (Fsp3) is 0.510. The zero-order valence-electron chi connectivity index (χ0n) is 38.5. The average molecular weight is 871 g/mol. The van der Waals surface area contributed by atoms with Gasteiger partial charge in [0.1, 0.15) is 0 Å². The van der Waals surface area contributed by atoms with E-state index >= 15 is 0 Å². The summed E-state index contributed by atoms with van der Waals surface area (Å²) < 4.78 is 5.65. The van der Waals surface area contributed by atoms with E-state index in [-0.39, 0.29) is 48.2 Å². The fourth-order valence-corrected chi connectivity index (χ4v) is 9.68. The van der Waals surface area contributed by atoms with Crippen LogP contribution in [0.15, 0.2) is 52.1 Å². The molecule has 0 bridgehead atoms. The van der Waals surface area contributed by atoms with E-state index in [0.29, 0.717) is 39.9 Å². The third-order valence-corrected chi connectivity index (χ3v) is 13.0. The zero-order chi connectivity index (χ0) is 45.2. The number of carbonyl (C=O) groups is 2. The summed E-state index contributed by atoms with van der Waals surface area (Å²) in [6, 6.07) is 14.0. The second-order valence-electron chi connectivity index (χ2n) is 16.9. The van der Waals surface area contributed by atoms with Crippen LogP contribution >= 0.6 is 11.6 Å². The van der Waals surface area contributed by atoms with Gasteiger partial charge >= 0.3 is 0 Å². The number of benzene rings is 2. The third kappa shape index (κ3) is 11.2. The molecule has 0 saturated heterocycles. The predicted octanol–water partition coefficient (Wildman–Crippen LogP) is 8.03. The standard InChI is InChI=1S/C49H68ClN7O5/c1-11-15-35-25-32(6)54-49(61)42(35)29-52-47(59)40-26-36(50)27-44(34(40)8)56(12-2)38-20-18-37(19-21-38)55(9)45(22-23-62-10)57(13-3)43-17-14-16-39(33(43)7)46(58)51-28-41-30(4)24-31(5)53-48(41)60/h14,16-17,24-27,37-38,45H,11-13,15,18-23,28-29H2,1-10H3,(H,51,58)(H,52,59)(H,53,60)(H,54,61). The fourth-order valence-electron chi connectivity index (χ4n) is 9.47. The Bertz CT molecular complexity index is 2320. The van der Waals surface area contributed by atoms with Crippen molar-refractivity contribution in [1.82, 2.24) is 25.5 Å². The molecule has 13 heteroatoms. The number of ether oxygens (including phenoxy) is 1. The molecule has 0 radical (unpaired) electrons. The summed E-state index contributed by atoms with van der Waals surface area (Å²) in [4.78, 5) is 65.9. The molecule has 2 heterocycles. The average Bonchev–Trinajstić information content (AvgIpc) is 3.23. The van der Waals surface area contributed by atoms with Crippen molar-refractivity contribution in [3.8, 4) is 0 Å². The molecule has 2 aromatic heterocycles. The molecule has 2 amide bonds. The normalized spacial score (nSPS) is 15.7. The third-order valence-electron chi connectivity index (χ3n) is 12.8. The lowest BCUT2D eigenvalue weighted by Gasteiger charge is -2.46. The molecule has 1 aliphatic carbocycles. The number of aromatic amines is 2. The largest absolute Gasteiger partial charge is 0.385 e. The van der Waals surface area contributed by atoms with Gasteiger partial charge in [0.2, 0.25) is 0 Å². The minimum Gasteiger partial charge on any atom is -0.385 e. The molecule has 1 atom stereocenters.